The van der Waals surface area contributed by atoms with Gasteiger partial charge in [-0.1, -0.05) is 13.3 Å². The van der Waals surface area contributed by atoms with Crippen molar-refractivity contribution in [2.45, 2.75) is 33.1 Å². The zero-order chi connectivity index (χ0) is 11.5. The number of thioether (sulfide) groups is 1. The second kappa shape index (κ2) is 9.83. The first kappa shape index (κ1) is 14.3. The lowest BCUT2D eigenvalue weighted by atomic mass is 10.4. The molecule has 0 N–H and O–H groups in total. The van der Waals surface area contributed by atoms with Crippen LogP contribution in [0, 0.1) is 0 Å². The maximum Gasteiger partial charge on any atom is 0.310 e. The molecule has 0 aromatic heterocycles. The van der Waals surface area contributed by atoms with Crippen molar-refractivity contribution < 1.29 is 19.1 Å². The van der Waals surface area contributed by atoms with Gasteiger partial charge in [0, 0.05) is 6.92 Å². The summed E-state index contributed by atoms with van der Waals surface area (Å²) in [5.74, 6) is 0.701. The molecule has 0 aromatic carbocycles. The molecule has 4 nitrogen and oxygen atoms in total. The van der Waals surface area contributed by atoms with E-state index in [1.165, 1.54) is 6.92 Å². The molecule has 0 fully saturated rings. The fourth-order valence-electron chi connectivity index (χ4n) is 0.763. The van der Waals surface area contributed by atoms with Gasteiger partial charge in [0.2, 0.25) is 0 Å². The third-order valence-corrected chi connectivity index (χ3v) is 2.42. The van der Waals surface area contributed by atoms with Crippen LogP contribution in [0.4, 0.5) is 0 Å². The van der Waals surface area contributed by atoms with E-state index in [0.29, 0.717) is 5.94 Å². The number of carbonyl (C=O) groups excluding carboxylic acids is 2. The maximum atomic E-state index is 11.0. The molecule has 0 radical (unpaired) electrons. The molecular formula is C10H18O4S. The van der Waals surface area contributed by atoms with E-state index in [1.54, 1.807) is 11.8 Å². The van der Waals surface area contributed by atoms with Crippen LogP contribution in [0.15, 0.2) is 0 Å². The number of hydrogen-bond donors (Lipinski definition) is 0. The smallest absolute Gasteiger partial charge is 0.310 e. The molecular weight excluding hydrogens is 216 g/mol. The van der Waals surface area contributed by atoms with Crippen molar-refractivity contribution in [3.05, 3.63) is 0 Å². The molecule has 0 aliphatic heterocycles. The van der Waals surface area contributed by atoms with Gasteiger partial charge in [0.1, 0.15) is 12.5 Å². The summed E-state index contributed by atoms with van der Waals surface area (Å²) in [4.78, 5) is 21.4. The molecule has 0 saturated heterocycles. The number of hydrogen-bond acceptors (Lipinski definition) is 5. The quantitative estimate of drug-likeness (QED) is 0.365. The van der Waals surface area contributed by atoms with Gasteiger partial charge < -0.3 is 9.47 Å². The van der Waals surface area contributed by atoms with Crippen molar-refractivity contribution in [1.82, 2.24) is 0 Å². The van der Waals surface area contributed by atoms with Gasteiger partial charge in [-0.15, -0.1) is 11.8 Å². The van der Waals surface area contributed by atoms with Crippen LogP contribution in [-0.2, 0) is 19.1 Å². The Morgan fingerprint density at radius 3 is 2.60 bits per heavy atom. The summed E-state index contributed by atoms with van der Waals surface area (Å²) in [7, 11) is 0. The minimum Gasteiger partial charge on any atom is -0.465 e. The van der Waals surface area contributed by atoms with E-state index in [4.69, 9.17) is 4.74 Å². The summed E-state index contributed by atoms with van der Waals surface area (Å²) in [5.41, 5.74) is 0. The van der Waals surface area contributed by atoms with E-state index in [2.05, 4.69) is 11.7 Å². The molecule has 0 aliphatic carbocycles. The molecule has 0 amide bonds. The molecule has 5 heteroatoms. The molecule has 0 heterocycles. The lowest BCUT2D eigenvalue weighted by Gasteiger charge is -2.04. The minimum absolute atomic E-state index is 0.105. The highest BCUT2D eigenvalue weighted by molar-refractivity contribution is 7.99. The van der Waals surface area contributed by atoms with Crippen LogP contribution in [0.5, 0.6) is 0 Å². The van der Waals surface area contributed by atoms with Crippen LogP contribution < -0.4 is 0 Å². The average molecular weight is 234 g/mol. The fraction of sp³-hybridized carbons (Fsp3) is 0.800. The second-order valence-electron chi connectivity index (χ2n) is 2.99. The van der Waals surface area contributed by atoms with E-state index in [9.17, 15) is 9.59 Å². The van der Waals surface area contributed by atoms with Crippen LogP contribution in [0.2, 0.25) is 0 Å². The van der Waals surface area contributed by atoms with Gasteiger partial charge in [-0.25, -0.2) is 0 Å². The summed E-state index contributed by atoms with van der Waals surface area (Å²) in [6.07, 6.45) is 2.41. The van der Waals surface area contributed by atoms with E-state index >= 15 is 0 Å². The topological polar surface area (TPSA) is 52.6 Å². The summed E-state index contributed by atoms with van der Waals surface area (Å²) >= 11 is 1.60. The molecule has 88 valence electrons. The Labute approximate surface area is 94.7 Å². The number of carbonyl (C=O) groups is 2. The Morgan fingerprint density at radius 2 is 2.00 bits per heavy atom. The van der Waals surface area contributed by atoms with Crippen LogP contribution in [0.1, 0.15) is 33.1 Å². The largest absolute Gasteiger partial charge is 0.465 e. The lowest BCUT2D eigenvalue weighted by molar-refractivity contribution is -0.146. The third kappa shape index (κ3) is 11.2. The molecule has 0 rings (SSSR count). The lowest BCUT2D eigenvalue weighted by Crippen LogP contribution is -2.10. The molecule has 0 unspecified atom stereocenters. The van der Waals surface area contributed by atoms with Crippen molar-refractivity contribution in [1.29, 1.82) is 0 Å². The second-order valence-corrected chi connectivity index (χ2v) is 4.04. The molecule has 0 aliphatic rings. The number of rotatable bonds is 8. The molecule has 0 spiro atoms. The number of unbranched alkanes of at least 4 members (excludes halogenated alkanes) is 1. The van der Waals surface area contributed by atoms with E-state index in [-0.39, 0.29) is 25.0 Å². The predicted molar refractivity (Wildman–Crippen MR) is 59.6 cm³/mol. The van der Waals surface area contributed by atoms with Crippen LogP contribution >= 0.6 is 11.8 Å². The fourth-order valence-corrected chi connectivity index (χ4v) is 1.59. The maximum absolute atomic E-state index is 11.0. The van der Waals surface area contributed by atoms with Gasteiger partial charge in [0.05, 0.1) is 6.42 Å². The summed E-state index contributed by atoms with van der Waals surface area (Å²) in [5, 5.41) is 0. The van der Waals surface area contributed by atoms with Crippen molar-refractivity contribution in [3.8, 4) is 0 Å². The van der Waals surface area contributed by atoms with Crippen molar-refractivity contribution >= 4 is 23.7 Å². The monoisotopic (exact) mass is 234 g/mol. The first-order chi connectivity index (χ1) is 7.16. The number of esters is 2. The zero-order valence-electron chi connectivity index (χ0n) is 9.28. The summed E-state index contributed by atoms with van der Waals surface area (Å²) < 4.78 is 9.51. The molecule has 0 atom stereocenters. The number of ether oxygens (including phenoxy) is 2. The van der Waals surface area contributed by atoms with Crippen molar-refractivity contribution in [2.75, 3.05) is 18.3 Å². The van der Waals surface area contributed by atoms with Crippen molar-refractivity contribution in [3.63, 3.8) is 0 Å². The zero-order valence-corrected chi connectivity index (χ0v) is 10.1. The van der Waals surface area contributed by atoms with Gasteiger partial charge in [-0.2, -0.15) is 0 Å². The Bertz CT molecular complexity index is 194. The molecule has 0 saturated carbocycles. The highest BCUT2D eigenvalue weighted by Crippen LogP contribution is 2.05. The van der Waals surface area contributed by atoms with Crippen LogP contribution in [0.3, 0.4) is 0 Å². The summed E-state index contributed by atoms with van der Waals surface area (Å²) in [6, 6.07) is 0. The van der Waals surface area contributed by atoms with Gasteiger partial charge in [-0.05, 0) is 12.2 Å². The third-order valence-electron chi connectivity index (χ3n) is 1.56. The highest BCUT2D eigenvalue weighted by atomic mass is 32.2. The minimum atomic E-state index is -0.375. The Hall–Kier alpha value is -0.710. The van der Waals surface area contributed by atoms with Gasteiger partial charge in [0.25, 0.3) is 0 Å². The van der Waals surface area contributed by atoms with Crippen molar-refractivity contribution in [2.24, 2.45) is 0 Å². The van der Waals surface area contributed by atoms with E-state index in [0.717, 1.165) is 18.6 Å². The predicted octanol–water partition coefficient (Wildman–Crippen LogP) is 1.97. The van der Waals surface area contributed by atoms with Crippen LogP contribution in [-0.4, -0.2) is 30.2 Å². The first-order valence-corrected chi connectivity index (χ1v) is 6.19. The SMILES string of the molecule is CCCCSCOC(=O)CCOC(C)=O. The van der Waals surface area contributed by atoms with Crippen LogP contribution in [0.25, 0.3) is 0 Å². The van der Waals surface area contributed by atoms with E-state index < -0.39 is 0 Å². The van der Waals surface area contributed by atoms with E-state index in [1.807, 2.05) is 0 Å². The Kier molecular flexibility index (Phi) is 9.36. The Balaban J connectivity index is 3.22. The molecule has 15 heavy (non-hydrogen) atoms. The summed E-state index contributed by atoms with van der Waals surface area (Å²) in [6.45, 7) is 3.53. The first-order valence-electron chi connectivity index (χ1n) is 5.03. The average Bonchev–Trinajstić information content (AvgIpc) is 2.17. The van der Waals surface area contributed by atoms with Gasteiger partial charge >= 0.3 is 11.9 Å². The molecule has 0 bridgehead atoms. The Morgan fingerprint density at radius 1 is 1.27 bits per heavy atom. The van der Waals surface area contributed by atoms with Gasteiger partial charge in [-0.3, -0.25) is 9.59 Å². The van der Waals surface area contributed by atoms with Gasteiger partial charge in [0.15, 0.2) is 0 Å². The highest BCUT2D eigenvalue weighted by Gasteiger charge is 2.03. The normalized spacial score (nSPS) is 9.73. The molecule has 0 aromatic rings. The standard InChI is InChI=1S/C10H18O4S/c1-3-4-7-15-8-14-10(12)5-6-13-9(2)11/h3-8H2,1-2H3.